The summed E-state index contributed by atoms with van der Waals surface area (Å²) in [6.07, 6.45) is -2.63. The monoisotopic (exact) mass is 602 g/mol. The Morgan fingerprint density at radius 2 is 1.65 bits per heavy atom. The predicted molar refractivity (Wildman–Crippen MR) is 151 cm³/mol. The maximum Gasteiger partial charge on any atom is 0.361 e. The Hall–Kier alpha value is -3.91. The van der Waals surface area contributed by atoms with E-state index in [1.54, 1.807) is 18.2 Å². The van der Waals surface area contributed by atoms with Crippen LogP contribution < -0.4 is 14.2 Å². The quantitative estimate of drug-likeness (QED) is 0.194. The lowest BCUT2D eigenvalue weighted by Gasteiger charge is -2.45. The highest BCUT2D eigenvalue weighted by molar-refractivity contribution is 5.91. The van der Waals surface area contributed by atoms with Crippen LogP contribution in [0.3, 0.4) is 0 Å². The number of likely N-dealkylation sites (tertiary alicyclic amines) is 1. The molecule has 0 aliphatic carbocycles. The van der Waals surface area contributed by atoms with Crippen LogP contribution in [0.1, 0.15) is 43.4 Å². The second kappa shape index (κ2) is 14.0. The molecule has 1 saturated heterocycles. The van der Waals surface area contributed by atoms with Crippen LogP contribution in [0.25, 0.3) is 0 Å². The number of nitrogens with zero attached hydrogens (tertiary/aromatic N) is 2. The molecular formula is C30H38N2O11. The molecule has 1 amide bonds. The number of aliphatic hydroxyl groups excluding tert-OH is 2. The highest BCUT2D eigenvalue weighted by Crippen LogP contribution is 2.36. The number of amides is 1. The van der Waals surface area contributed by atoms with Gasteiger partial charge in [0.2, 0.25) is 12.0 Å². The van der Waals surface area contributed by atoms with E-state index in [1.165, 1.54) is 12.1 Å². The van der Waals surface area contributed by atoms with Gasteiger partial charge in [0, 0.05) is 6.54 Å². The van der Waals surface area contributed by atoms with Gasteiger partial charge in [-0.25, -0.2) is 9.59 Å². The number of aryl methyl sites for hydroxylation is 1. The minimum atomic E-state index is -3.63. The third-order valence-corrected chi connectivity index (χ3v) is 7.73. The lowest BCUT2D eigenvalue weighted by atomic mass is 9.94. The minimum absolute atomic E-state index is 0.122. The van der Waals surface area contributed by atoms with Crippen molar-refractivity contribution in [3.8, 4) is 17.2 Å². The fourth-order valence-electron chi connectivity index (χ4n) is 5.37. The van der Waals surface area contributed by atoms with Crippen molar-refractivity contribution in [2.75, 3.05) is 39.5 Å². The summed E-state index contributed by atoms with van der Waals surface area (Å²) in [5.74, 6) is -4.09. The summed E-state index contributed by atoms with van der Waals surface area (Å²) in [5, 5.41) is 53.3. The summed E-state index contributed by atoms with van der Waals surface area (Å²) in [6.45, 7) is 3.35. The average Bonchev–Trinajstić information content (AvgIpc) is 3.53. The first-order chi connectivity index (χ1) is 20.6. The van der Waals surface area contributed by atoms with E-state index in [9.17, 15) is 39.9 Å². The predicted octanol–water partition coefficient (Wildman–Crippen LogP) is 1.03. The van der Waals surface area contributed by atoms with Crippen LogP contribution in [0.2, 0.25) is 0 Å². The maximum atomic E-state index is 13.8. The maximum absolute atomic E-state index is 13.8. The Labute approximate surface area is 248 Å². The van der Waals surface area contributed by atoms with Crippen LogP contribution in [0.5, 0.6) is 17.2 Å². The van der Waals surface area contributed by atoms with Crippen molar-refractivity contribution < 1.29 is 54.1 Å². The molecule has 43 heavy (non-hydrogen) atoms. The fourth-order valence-corrected chi connectivity index (χ4v) is 5.37. The largest absolute Gasteiger partial charge is 0.493 e. The third kappa shape index (κ3) is 7.19. The average molecular weight is 603 g/mol. The van der Waals surface area contributed by atoms with Crippen molar-refractivity contribution >= 4 is 17.8 Å². The standard InChI is InChI=1S/C30H38N2O11/c1-2-19-5-8-21(9-6-19)41-14-11-25(33)32(30(40,29(38)39)27(35)28(36)37)22(18-31-12-3-4-13-31)26(34)20-7-10-23-24(17-20)43-16-15-42-23/h5-10,17,22,26-27,34-35,40H,2-4,11-16,18H2,1H3,(H,36,37)(H,38,39)/t22-,26-,27+,30-/m1/s1. The number of ether oxygens (including phenoxy) is 3. The highest BCUT2D eigenvalue weighted by Gasteiger charge is 2.58. The summed E-state index contributed by atoms with van der Waals surface area (Å²) in [6, 6.07) is 10.2. The zero-order valence-corrected chi connectivity index (χ0v) is 23.9. The summed E-state index contributed by atoms with van der Waals surface area (Å²) < 4.78 is 16.8. The van der Waals surface area contributed by atoms with E-state index in [2.05, 4.69) is 0 Å². The van der Waals surface area contributed by atoms with Gasteiger partial charge in [-0.2, -0.15) is 0 Å². The van der Waals surface area contributed by atoms with Gasteiger partial charge in [-0.05, 0) is 67.7 Å². The van der Waals surface area contributed by atoms with E-state index in [0.717, 1.165) is 24.8 Å². The molecule has 0 spiro atoms. The zero-order chi connectivity index (χ0) is 31.1. The number of aliphatic hydroxyl groups is 3. The van der Waals surface area contributed by atoms with Crippen molar-refractivity contribution in [1.29, 1.82) is 0 Å². The van der Waals surface area contributed by atoms with Crippen LogP contribution in [-0.2, 0) is 20.8 Å². The van der Waals surface area contributed by atoms with Gasteiger partial charge in [0.1, 0.15) is 25.1 Å². The lowest BCUT2D eigenvalue weighted by molar-refractivity contribution is -0.227. The van der Waals surface area contributed by atoms with Crippen LogP contribution in [-0.4, -0.2) is 111 Å². The van der Waals surface area contributed by atoms with Crippen molar-refractivity contribution in [3.63, 3.8) is 0 Å². The molecule has 13 nitrogen and oxygen atoms in total. The number of hydrogen-bond acceptors (Lipinski definition) is 10. The Kier molecular flexibility index (Phi) is 10.5. The first-order valence-corrected chi connectivity index (χ1v) is 14.3. The van der Waals surface area contributed by atoms with Gasteiger partial charge >= 0.3 is 11.9 Å². The second-order valence-electron chi connectivity index (χ2n) is 10.6. The molecule has 5 N–H and O–H groups in total. The second-order valence-corrected chi connectivity index (χ2v) is 10.6. The molecule has 2 aliphatic rings. The number of rotatable bonds is 14. The number of hydrogen-bond donors (Lipinski definition) is 5. The molecule has 0 aromatic heterocycles. The zero-order valence-electron chi connectivity index (χ0n) is 23.9. The normalized spacial score (nSPS) is 18.2. The summed E-state index contributed by atoms with van der Waals surface area (Å²) in [4.78, 5) is 40.5. The van der Waals surface area contributed by atoms with E-state index in [4.69, 9.17) is 14.2 Å². The van der Waals surface area contributed by atoms with Gasteiger partial charge in [0.15, 0.2) is 11.5 Å². The smallest absolute Gasteiger partial charge is 0.361 e. The lowest BCUT2D eigenvalue weighted by Crippen LogP contribution is -2.70. The molecule has 4 rings (SSSR count). The molecule has 0 saturated carbocycles. The molecule has 2 aliphatic heterocycles. The molecule has 0 bridgehead atoms. The molecule has 13 heteroatoms. The molecule has 0 unspecified atom stereocenters. The van der Waals surface area contributed by atoms with Gasteiger partial charge in [-0.3, -0.25) is 9.69 Å². The van der Waals surface area contributed by atoms with Crippen molar-refractivity contribution in [2.45, 2.75) is 56.6 Å². The van der Waals surface area contributed by atoms with Gasteiger partial charge in [0.05, 0.1) is 19.1 Å². The first-order valence-electron chi connectivity index (χ1n) is 14.3. The number of fused-ring (bicyclic) bond motifs is 1. The Bertz CT molecular complexity index is 1280. The number of carboxylic acid groups (broad SMARTS) is 2. The van der Waals surface area contributed by atoms with Gasteiger partial charge in [-0.1, -0.05) is 25.1 Å². The molecule has 2 aromatic carbocycles. The summed E-state index contributed by atoms with van der Waals surface area (Å²) >= 11 is 0. The molecule has 4 atom stereocenters. The number of aliphatic carboxylic acids is 2. The van der Waals surface area contributed by atoms with Crippen LogP contribution in [0.4, 0.5) is 0 Å². The fraction of sp³-hybridized carbons (Fsp3) is 0.500. The van der Waals surface area contributed by atoms with Crippen LogP contribution in [0.15, 0.2) is 42.5 Å². The van der Waals surface area contributed by atoms with E-state index in [0.29, 0.717) is 41.8 Å². The van der Waals surface area contributed by atoms with Crippen molar-refractivity contribution in [1.82, 2.24) is 9.80 Å². The molecular weight excluding hydrogens is 564 g/mol. The molecule has 2 aromatic rings. The number of carbonyl (C=O) groups is 3. The molecule has 1 fully saturated rings. The van der Waals surface area contributed by atoms with E-state index in [-0.39, 0.29) is 25.3 Å². The molecule has 2 heterocycles. The van der Waals surface area contributed by atoms with Gasteiger partial charge in [0.25, 0.3) is 5.72 Å². The van der Waals surface area contributed by atoms with E-state index >= 15 is 0 Å². The van der Waals surface area contributed by atoms with Gasteiger partial charge < -0.3 is 44.6 Å². The van der Waals surface area contributed by atoms with E-state index < -0.39 is 48.2 Å². The summed E-state index contributed by atoms with van der Waals surface area (Å²) in [7, 11) is 0. The SMILES string of the molecule is CCc1ccc(OCCC(=O)N([C@H](CN2CCCC2)[C@H](O)c2ccc3c(c2)OCCO3)[C@](O)(C(=O)O)[C@@H](O)C(=O)O)cc1. The molecule has 0 radical (unpaired) electrons. The number of benzene rings is 2. The minimum Gasteiger partial charge on any atom is -0.493 e. The molecule has 234 valence electrons. The Morgan fingerprint density at radius 3 is 2.26 bits per heavy atom. The Balaban J connectivity index is 1.71. The highest BCUT2D eigenvalue weighted by atomic mass is 16.6. The van der Waals surface area contributed by atoms with Crippen LogP contribution >= 0.6 is 0 Å². The summed E-state index contributed by atoms with van der Waals surface area (Å²) in [5.41, 5.74) is -2.36. The Morgan fingerprint density at radius 1 is 1.00 bits per heavy atom. The topological polar surface area (TPSA) is 187 Å². The van der Waals surface area contributed by atoms with Crippen molar-refractivity contribution in [2.24, 2.45) is 0 Å². The third-order valence-electron chi connectivity index (χ3n) is 7.73. The van der Waals surface area contributed by atoms with Crippen LogP contribution in [0, 0.1) is 0 Å². The van der Waals surface area contributed by atoms with E-state index in [1.807, 2.05) is 24.0 Å². The number of carbonyl (C=O) groups excluding carboxylic acids is 1. The van der Waals surface area contributed by atoms with Gasteiger partial charge in [-0.15, -0.1) is 0 Å². The van der Waals surface area contributed by atoms with Crippen molar-refractivity contribution in [3.05, 3.63) is 53.6 Å². The number of carboxylic acids is 2. The first kappa shape index (κ1) is 32.0.